The molecule has 0 amide bonds. The predicted molar refractivity (Wildman–Crippen MR) is 75.2 cm³/mol. The summed E-state index contributed by atoms with van der Waals surface area (Å²) >= 11 is 1.50. The van der Waals surface area contributed by atoms with Crippen LogP contribution in [0.4, 0.5) is 0 Å². The van der Waals surface area contributed by atoms with Crippen LogP contribution >= 0.6 is 11.3 Å². The van der Waals surface area contributed by atoms with Crippen molar-refractivity contribution in [1.82, 2.24) is 15.0 Å². The third-order valence-electron chi connectivity index (χ3n) is 2.44. The van der Waals surface area contributed by atoms with Crippen LogP contribution in [0.25, 0.3) is 0 Å². The van der Waals surface area contributed by atoms with Crippen LogP contribution in [0.2, 0.25) is 0 Å². The number of nitrogens with one attached hydrogen (secondary N) is 2. The molecule has 0 saturated heterocycles. The molecular formula is C11H21N3O2S2. The zero-order valence-corrected chi connectivity index (χ0v) is 12.9. The van der Waals surface area contributed by atoms with Gasteiger partial charge >= 0.3 is 0 Å². The molecule has 104 valence electrons. The van der Waals surface area contributed by atoms with Crippen molar-refractivity contribution in [3.63, 3.8) is 0 Å². The molecule has 2 N–H and O–H groups in total. The highest BCUT2D eigenvalue weighted by Gasteiger charge is 2.20. The van der Waals surface area contributed by atoms with Gasteiger partial charge < -0.3 is 5.32 Å². The van der Waals surface area contributed by atoms with Gasteiger partial charge in [0, 0.05) is 23.7 Å². The summed E-state index contributed by atoms with van der Waals surface area (Å²) in [4.78, 5) is 5.21. The molecular weight excluding hydrogens is 270 g/mol. The molecule has 0 radical (unpaired) electrons. The van der Waals surface area contributed by atoms with E-state index in [0.29, 0.717) is 6.54 Å². The average Bonchev–Trinajstić information content (AvgIpc) is 2.69. The zero-order chi connectivity index (χ0) is 13.8. The van der Waals surface area contributed by atoms with Gasteiger partial charge in [0.2, 0.25) is 10.0 Å². The molecule has 0 aliphatic heterocycles. The van der Waals surface area contributed by atoms with Crippen molar-refractivity contribution in [3.8, 4) is 0 Å². The second-order valence-corrected chi connectivity index (χ2v) is 8.11. The first-order valence-electron chi connectivity index (χ1n) is 5.94. The van der Waals surface area contributed by atoms with E-state index in [9.17, 15) is 8.42 Å². The maximum Gasteiger partial charge on any atom is 0.215 e. The molecule has 1 atom stereocenters. The topological polar surface area (TPSA) is 71.1 Å². The van der Waals surface area contributed by atoms with Crippen molar-refractivity contribution in [1.29, 1.82) is 0 Å². The molecule has 5 nitrogen and oxygen atoms in total. The van der Waals surface area contributed by atoms with Gasteiger partial charge in [-0.25, -0.2) is 18.1 Å². The van der Waals surface area contributed by atoms with E-state index in [-0.39, 0.29) is 12.6 Å². The Labute approximate surface area is 113 Å². The van der Waals surface area contributed by atoms with Crippen molar-refractivity contribution in [2.45, 2.75) is 45.5 Å². The first kappa shape index (κ1) is 15.6. The number of sulfonamides is 1. The molecule has 1 rings (SSSR count). The summed E-state index contributed by atoms with van der Waals surface area (Å²) in [6.45, 7) is 8.35. The van der Waals surface area contributed by atoms with Crippen LogP contribution in [0.5, 0.6) is 0 Å². The lowest BCUT2D eigenvalue weighted by molar-refractivity contribution is 0.540. The summed E-state index contributed by atoms with van der Waals surface area (Å²) in [6.07, 6.45) is 1.75. The number of hydrogen-bond acceptors (Lipinski definition) is 5. The van der Waals surface area contributed by atoms with Gasteiger partial charge in [-0.2, -0.15) is 0 Å². The van der Waals surface area contributed by atoms with Crippen molar-refractivity contribution in [2.75, 3.05) is 6.54 Å². The van der Waals surface area contributed by atoms with Gasteiger partial charge in [0.15, 0.2) is 0 Å². The number of hydrogen-bond donors (Lipinski definition) is 2. The summed E-state index contributed by atoms with van der Waals surface area (Å²) in [5.41, 5.74) is 0. The second-order valence-electron chi connectivity index (χ2n) is 4.60. The Morgan fingerprint density at radius 3 is 2.56 bits per heavy atom. The molecule has 18 heavy (non-hydrogen) atoms. The Morgan fingerprint density at radius 2 is 2.06 bits per heavy atom. The maximum absolute atomic E-state index is 11.9. The van der Waals surface area contributed by atoms with Gasteiger partial charge in [0.05, 0.1) is 11.8 Å². The highest BCUT2D eigenvalue weighted by atomic mass is 32.2. The summed E-state index contributed by atoms with van der Waals surface area (Å²) in [6, 6.07) is 0.282. The average molecular weight is 291 g/mol. The van der Waals surface area contributed by atoms with Crippen LogP contribution in [0.3, 0.4) is 0 Å². The van der Waals surface area contributed by atoms with Crippen molar-refractivity contribution in [2.24, 2.45) is 0 Å². The molecule has 1 heterocycles. The second kappa shape index (κ2) is 6.60. The van der Waals surface area contributed by atoms with Crippen LogP contribution in [-0.2, 0) is 16.6 Å². The smallest absolute Gasteiger partial charge is 0.215 e. The lowest BCUT2D eigenvalue weighted by Crippen LogP contribution is -2.40. The van der Waals surface area contributed by atoms with Crippen molar-refractivity contribution in [3.05, 3.63) is 16.1 Å². The highest BCUT2D eigenvalue weighted by molar-refractivity contribution is 7.90. The molecule has 1 unspecified atom stereocenters. The fourth-order valence-electron chi connectivity index (χ4n) is 1.30. The van der Waals surface area contributed by atoms with E-state index in [1.165, 1.54) is 11.3 Å². The number of aryl methyl sites for hydroxylation is 1. The van der Waals surface area contributed by atoms with E-state index in [1.54, 1.807) is 13.1 Å². The summed E-state index contributed by atoms with van der Waals surface area (Å²) in [5.74, 6) is 0. The standard InChI is InChI=1S/C11H21N3O2S2/c1-8(2)12-6-10(4)18(15,16)14-7-11-13-5-9(3)17-11/h5,8,10,12,14H,6-7H2,1-4H3. The normalized spacial score (nSPS) is 14.1. The molecule has 0 fully saturated rings. The summed E-state index contributed by atoms with van der Waals surface area (Å²) < 4.78 is 26.5. The minimum atomic E-state index is -3.29. The highest BCUT2D eigenvalue weighted by Crippen LogP contribution is 2.11. The van der Waals surface area contributed by atoms with Crippen LogP contribution in [0.15, 0.2) is 6.20 Å². The van der Waals surface area contributed by atoms with Gasteiger partial charge in [0.1, 0.15) is 5.01 Å². The number of aromatic nitrogens is 1. The molecule has 0 saturated carbocycles. The quantitative estimate of drug-likeness (QED) is 0.793. The fraction of sp³-hybridized carbons (Fsp3) is 0.727. The lowest BCUT2D eigenvalue weighted by Gasteiger charge is -2.15. The van der Waals surface area contributed by atoms with Crippen LogP contribution < -0.4 is 10.0 Å². The van der Waals surface area contributed by atoms with E-state index in [4.69, 9.17) is 0 Å². The maximum atomic E-state index is 11.9. The third-order valence-corrected chi connectivity index (χ3v) is 5.12. The molecule has 7 heteroatoms. The SMILES string of the molecule is Cc1cnc(CNS(=O)(=O)C(C)CNC(C)C)s1. The van der Waals surface area contributed by atoms with E-state index in [0.717, 1.165) is 9.88 Å². The molecule has 0 aliphatic carbocycles. The number of thiazole rings is 1. The Bertz CT molecular complexity index is 468. The Balaban J connectivity index is 2.48. The first-order chi connectivity index (χ1) is 8.31. The monoisotopic (exact) mass is 291 g/mol. The minimum absolute atomic E-state index is 0.271. The van der Waals surface area contributed by atoms with Gasteiger partial charge in [0.25, 0.3) is 0 Å². The molecule has 0 aromatic carbocycles. The predicted octanol–water partition coefficient (Wildman–Crippen LogP) is 1.26. The number of rotatable bonds is 7. The van der Waals surface area contributed by atoms with E-state index >= 15 is 0 Å². The summed E-state index contributed by atoms with van der Waals surface area (Å²) in [7, 11) is -3.29. The zero-order valence-electron chi connectivity index (χ0n) is 11.2. The molecule has 0 bridgehead atoms. The minimum Gasteiger partial charge on any atom is -0.313 e. The van der Waals surface area contributed by atoms with Crippen LogP contribution in [-0.4, -0.2) is 31.2 Å². The summed E-state index contributed by atoms with van der Waals surface area (Å²) in [5, 5.41) is 3.46. The van der Waals surface area contributed by atoms with Crippen molar-refractivity contribution >= 4 is 21.4 Å². The third kappa shape index (κ3) is 5.01. The van der Waals surface area contributed by atoms with Crippen LogP contribution in [0.1, 0.15) is 30.7 Å². The Kier molecular flexibility index (Phi) is 5.71. The largest absolute Gasteiger partial charge is 0.313 e. The lowest BCUT2D eigenvalue weighted by atomic mass is 10.3. The van der Waals surface area contributed by atoms with Gasteiger partial charge in [-0.1, -0.05) is 13.8 Å². The van der Waals surface area contributed by atoms with Gasteiger partial charge in [-0.15, -0.1) is 11.3 Å². The van der Waals surface area contributed by atoms with Crippen LogP contribution in [0, 0.1) is 6.92 Å². The molecule has 0 spiro atoms. The van der Waals surface area contributed by atoms with Gasteiger partial charge in [-0.3, -0.25) is 0 Å². The Morgan fingerprint density at radius 1 is 1.39 bits per heavy atom. The van der Waals surface area contributed by atoms with Gasteiger partial charge in [-0.05, 0) is 13.8 Å². The Hall–Kier alpha value is -0.500. The van der Waals surface area contributed by atoms with E-state index in [1.807, 2.05) is 20.8 Å². The van der Waals surface area contributed by atoms with Crippen molar-refractivity contribution < 1.29 is 8.42 Å². The molecule has 0 aliphatic rings. The van der Waals surface area contributed by atoms with E-state index in [2.05, 4.69) is 15.0 Å². The fourth-order valence-corrected chi connectivity index (χ4v) is 3.06. The number of nitrogens with zero attached hydrogens (tertiary/aromatic N) is 1. The van der Waals surface area contributed by atoms with E-state index < -0.39 is 15.3 Å². The molecule has 1 aromatic heterocycles. The molecule has 1 aromatic rings. The first-order valence-corrected chi connectivity index (χ1v) is 8.30.